The van der Waals surface area contributed by atoms with Gasteiger partial charge in [-0.15, -0.1) is 0 Å². The summed E-state index contributed by atoms with van der Waals surface area (Å²) in [6.07, 6.45) is 0.509. The Labute approximate surface area is 132 Å². The van der Waals surface area contributed by atoms with Crippen LogP contribution in [0.4, 0.5) is 0 Å². The number of carbonyl (C=O) groups is 2. The number of aliphatic hydroxyl groups is 1. The topological polar surface area (TPSA) is 69.6 Å². The van der Waals surface area contributed by atoms with E-state index in [1.165, 1.54) is 0 Å². The Morgan fingerprint density at radius 1 is 1.18 bits per heavy atom. The Hall–Kier alpha value is -1.88. The number of rotatable bonds is 8. The highest BCUT2D eigenvalue weighted by Gasteiger charge is 2.27. The Balaban J connectivity index is 2.80. The summed E-state index contributed by atoms with van der Waals surface area (Å²) in [5.41, 5.74) is 0.992. The molecule has 0 fully saturated rings. The molecule has 0 radical (unpaired) electrons. The first-order valence-electron chi connectivity index (χ1n) is 7.70. The number of amides is 2. The van der Waals surface area contributed by atoms with Gasteiger partial charge in [0.2, 0.25) is 11.8 Å². The first-order chi connectivity index (χ1) is 10.5. The van der Waals surface area contributed by atoms with E-state index >= 15 is 0 Å². The largest absolute Gasteiger partial charge is 0.396 e. The van der Waals surface area contributed by atoms with Crippen LogP contribution in [0.2, 0.25) is 0 Å². The fraction of sp³-hybridized carbons (Fsp3) is 0.529. The van der Waals surface area contributed by atoms with E-state index in [1.807, 2.05) is 44.2 Å². The van der Waals surface area contributed by atoms with Gasteiger partial charge in [-0.3, -0.25) is 9.59 Å². The number of hydrogen-bond acceptors (Lipinski definition) is 3. The summed E-state index contributed by atoms with van der Waals surface area (Å²) in [5, 5.41) is 11.5. The zero-order chi connectivity index (χ0) is 16.5. The molecule has 1 aromatic rings. The summed E-state index contributed by atoms with van der Waals surface area (Å²) in [5.74, 6) is -0.413. The van der Waals surface area contributed by atoms with E-state index in [2.05, 4.69) is 5.32 Å². The lowest BCUT2D eigenvalue weighted by atomic mass is 10.1. The van der Waals surface area contributed by atoms with Crippen molar-refractivity contribution in [2.45, 2.75) is 39.8 Å². The molecule has 122 valence electrons. The molecule has 5 nitrogen and oxygen atoms in total. The predicted octanol–water partition coefficient (Wildman–Crippen LogP) is 1.56. The zero-order valence-corrected chi connectivity index (χ0v) is 13.6. The van der Waals surface area contributed by atoms with Crippen LogP contribution < -0.4 is 5.32 Å². The minimum atomic E-state index is -0.547. The second-order valence-corrected chi connectivity index (χ2v) is 5.65. The van der Waals surface area contributed by atoms with Crippen LogP contribution in [0, 0.1) is 5.92 Å². The van der Waals surface area contributed by atoms with Crippen LogP contribution in [0.15, 0.2) is 30.3 Å². The monoisotopic (exact) mass is 306 g/mol. The standard InChI is InChI=1S/C17H26N2O3/c1-13(2)17(22)19(12-15-8-5-4-6-9-15)14(3)16(21)18-10-7-11-20/h4-6,8-9,13-14,20H,7,10-12H2,1-3H3,(H,18,21). The fourth-order valence-corrected chi connectivity index (χ4v) is 2.10. The Morgan fingerprint density at radius 3 is 2.36 bits per heavy atom. The molecule has 0 aliphatic heterocycles. The summed E-state index contributed by atoms with van der Waals surface area (Å²) in [4.78, 5) is 26.2. The molecule has 1 atom stereocenters. The first kappa shape index (κ1) is 18.2. The molecule has 0 saturated heterocycles. The summed E-state index contributed by atoms with van der Waals surface area (Å²) in [6.45, 7) is 6.25. The van der Waals surface area contributed by atoms with E-state index in [9.17, 15) is 9.59 Å². The van der Waals surface area contributed by atoms with Gasteiger partial charge in [-0.25, -0.2) is 0 Å². The first-order valence-corrected chi connectivity index (χ1v) is 7.70. The van der Waals surface area contributed by atoms with Crippen LogP contribution >= 0.6 is 0 Å². The van der Waals surface area contributed by atoms with Crippen molar-refractivity contribution in [2.75, 3.05) is 13.2 Å². The number of hydrogen-bond donors (Lipinski definition) is 2. The molecule has 0 spiro atoms. The van der Waals surface area contributed by atoms with Crippen molar-refractivity contribution in [3.05, 3.63) is 35.9 Å². The van der Waals surface area contributed by atoms with Crippen molar-refractivity contribution >= 4 is 11.8 Å². The molecule has 0 aromatic heterocycles. The minimum Gasteiger partial charge on any atom is -0.396 e. The van der Waals surface area contributed by atoms with Crippen molar-refractivity contribution in [1.29, 1.82) is 0 Å². The molecule has 2 amide bonds. The summed E-state index contributed by atoms with van der Waals surface area (Å²) < 4.78 is 0. The lowest BCUT2D eigenvalue weighted by Crippen LogP contribution is -2.49. The van der Waals surface area contributed by atoms with Gasteiger partial charge in [0.15, 0.2) is 0 Å². The summed E-state index contributed by atoms with van der Waals surface area (Å²) >= 11 is 0. The van der Waals surface area contributed by atoms with Crippen molar-refractivity contribution in [3.8, 4) is 0 Å². The lowest BCUT2D eigenvalue weighted by Gasteiger charge is -2.30. The molecule has 0 aliphatic rings. The van der Waals surface area contributed by atoms with Gasteiger partial charge in [-0.1, -0.05) is 44.2 Å². The van der Waals surface area contributed by atoms with Gasteiger partial charge in [0, 0.05) is 25.6 Å². The highest BCUT2D eigenvalue weighted by molar-refractivity contribution is 5.88. The van der Waals surface area contributed by atoms with Crippen molar-refractivity contribution in [1.82, 2.24) is 10.2 Å². The number of carbonyl (C=O) groups excluding carboxylic acids is 2. The lowest BCUT2D eigenvalue weighted by molar-refractivity contribution is -0.143. The molecule has 22 heavy (non-hydrogen) atoms. The number of aliphatic hydroxyl groups excluding tert-OH is 1. The van der Waals surface area contributed by atoms with E-state index in [0.29, 0.717) is 19.5 Å². The van der Waals surface area contributed by atoms with Crippen LogP contribution in [0.5, 0.6) is 0 Å². The molecule has 1 unspecified atom stereocenters. The molecule has 1 aromatic carbocycles. The van der Waals surface area contributed by atoms with Crippen molar-refractivity contribution in [3.63, 3.8) is 0 Å². The van der Waals surface area contributed by atoms with Crippen LogP contribution in [0.3, 0.4) is 0 Å². The second kappa shape index (κ2) is 9.20. The Kier molecular flexibility index (Phi) is 7.60. The van der Waals surface area contributed by atoms with Gasteiger partial charge >= 0.3 is 0 Å². The third kappa shape index (κ3) is 5.48. The Morgan fingerprint density at radius 2 is 1.82 bits per heavy atom. The van der Waals surface area contributed by atoms with Gasteiger partial charge in [0.05, 0.1) is 0 Å². The molecule has 0 saturated carbocycles. The number of nitrogens with one attached hydrogen (secondary N) is 1. The third-order valence-electron chi connectivity index (χ3n) is 3.45. The maximum atomic E-state index is 12.4. The number of benzene rings is 1. The molecule has 0 aliphatic carbocycles. The van der Waals surface area contributed by atoms with Crippen LogP contribution in [-0.2, 0) is 16.1 Å². The van der Waals surface area contributed by atoms with Crippen molar-refractivity contribution in [2.24, 2.45) is 5.92 Å². The second-order valence-electron chi connectivity index (χ2n) is 5.65. The Bertz CT molecular complexity index is 474. The maximum Gasteiger partial charge on any atom is 0.242 e. The maximum absolute atomic E-state index is 12.4. The van der Waals surface area contributed by atoms with Crippen LogP contribution in [0.25, 0.3) is 0 Å². The van der Waals surface area contributed by atoms with E-state index < -0.39 is 6.04 Å². The SMILES string of the molecule is CC(C)C(=O)N(Cc1ccccc1)C(C)C(=O)NCCCO. The number of nitrogens with zero attached hydrogens (tertiary/aromatic N) is 1. The molecule has 0 bridgehead atoms. The van der Waals surface area contributed by atoms with Gasteiger partial charge in [-0.2, -0.15) is 0 Å². The van der Waals surface area contributed by atoms with Gasteiger partial charge in [0.25, 0.3) is 0 Å². The molecule has 0 heterocycles. The van der Waals surface area contributed by atoms with Gasteiger partial charge in [0.1, 0.15) is 6.04 Å². The predicted molar refractivity (Wildman–Crippen MR) is 86.0 cm³/mol. The highest BCUT2D eigenvalue weighted by atomic mass is 16.3. The minimum absolute atomic E-state index is 0.0350. The molecular formula is C17H26N2O3. The normalized spacial score (nSPS) is 12.0. The summed E-state index contributed by atoms with van der Waals surface area (Å²) in [7, 11) is 0. The fourth-order valence-electron chi connectivity index (χ4n) is 2.10. The average Bonchev–Trinajstić information content (AvgIpc) is 2.52. The van der Waals surface area contributed by atoms with Crippen molar-refractivity contribution < 1.29 is 14.7 Å². The quantitative estimate of drug-likeness (QED) is 0.716. The molecular weight excluding hydrogens is 280 g/mol. The molecule has 1 rings (SSSR count). The molecule has 5 heteroatoms. The van der Waals surface area contributed by atoms with E-state index in [0.717, 1.165) is 5.56 Å². The summed E-state index contributed by atoms with van der Waals surface area (Å²) in [6, 6.07) is 9.09. The van der Waals surface area contributed by atoms with Crippen LogP contribution in [0.1, 0.15) is 32.8 Å². The smallest absolute Gasteiger partial charge is 0.242 e. The third-order valence-corrected chi connectivity index (χ3v) is 3.45. The molecule has 2 N–H and O–H groups in total. The highest BCUT2D eigenvalue weighted by Crippen LogP contribution is 2.13. The van der Waals surface area contributed by atoms with E-state index in [1.54, 1.807) is 11.8 Å². The average molecular weight is 306 g/mol. The van der Waals surface area contributed by atoms with E-state index in [-0.39, 0.29) is 24.3 Å². The van der Waals surface area contributed by atoms with Gasteiger partial charge in [-0.05, 0) is 18.9 Å². The zero-order valence-electron chi connectivity index (χ0n) is 13.6. The van der Waals surface area contributed by atoms with Gasteiger partial charge < -0.3 is 15.3 Å². The van der Waals surface area contributed by atoms with E-state index in [4.69, 9.17) is 5.11 Å². The van der Waals surface area contributed by atoms with Crippen LogP contribution in [-0.4, -0.2) is 41.0 Å².